The van der Waals surface area contributed by atoms with E-state index >= 15 is 0 Å². The summed E-state index contributed by atoms with van der Waals surface area (Å²) >= 11 is 0. The number of hydrogen-bond donors (Lipinski definition) is 0. The molecule has 0 saturated carbocycles. The monoisotopic (exact) mass is 753 g/mol. The van der Waals surface area contributed by atoms with Gasteiger partial charge < -0.3 is 4.90 Å². The van der Waals surface area contributed by atoms with Crippen molar-refractivity contribution in [3.8, 4) is 44.5 Å². The number of hydrogen-bond acceptors (Lipinski definition) is 1. The van der Waals surface area contributed by atoms with Crippen LogP contribution in [-0.4, -0.2) is 0 Å². The first-order chi connectivity index (χ1) is 29.0. The summed E-state index contributed by atoms with van der Waals surface area (Å²) in [6.07, 6.45) is 0. The third kappa shape index (κ3) is 5.46. The maximum Gasteiger partial charge on any atom is 0.0719 e. The molecule has 0 bridgehead atoms. The Morgan fingerprint density at radius 2 is 0.644 bits per heavy atom. The van der Waals surface area contributed by atoms with Crippen LogP contribution in [-0.2, 0) is 10.8 Å². The third-order valence-electron chi connectivity index (χ3n) is 12.9. The van der Waals surface area contributed by atoms with Crippen molar-refractivity contribution in [1.82, 2.24) is 0 Å². The van der Waals surface area contributed by atoms with Gasteiger partial charge in [-0.1, -0.05) is 196 Å². The maximum absolute atomic E-state index is 2.45. The highest BCUT2D eigenvalue weighted by molar-refractivity contribution is 5.91. The fourth-order valence-electron chi connectivity index (χ4n) is 10.2. The van der Waals surface area contributed by atoms with Crippen molar-refractivity contribution in [3.05, 3.63) is 258 Å². The Kier molecular flexibility index (Phi) is 8.13. The van der Waals surface area contributed by atoms with Gasteiger partial charge in [-0.2, -0.15) is 0 Å². The van der Waals surface area contributed by atoms with Gasteiger partial charge in [0.05, 0.1) is 5.41 Å². The van der Waals surface area contributed by atoms with E-state index in [1.165, 1.54) is 77.9 Å². The van der Waals surface area contributed by atoms with Crippen molar-refractivity contribution in [2.75, 3.05) is 4.90 Å². The molecule has 0 heterocycles. The molecule has 0 amide bonds. The zero-order chi connectivity index (χ0) is 39.6. The molecule has 2 aliphatic rings. The molecular formula is C58H43N. The Morgan fingerprint density at radius 1 is 0.271 bits per heavy atom. The average molecular weight is 754 g/mol. The molecule has 0 unspecified atom stereocenters. The Balaban J connectivity index is 1.08. The summed E-state index contributed by atoms with van der Waals surface area (Å²) in [6.45, 7) is 4.77. The van der Waals surface area contributed by atoms with E-state index in [0.29, 0.717) is 0 Å². The molecule has 11 rings (SSSR count). The summed E-state index contributed by atoms with van der Waals surface area (Å²) in [5.41, 5.74) is 20.8. The van der Waals surface area contributed by atoms with Crippen LogP contribution < -0.4 is 4.90 Å². The van der Waals surface area contributed by atoms with E-state index in [0.717, 1.165) is 17.1 Å². The standard InChI is InChI=1S/C58H43N/c1-57(2)53-30-11-13-32-55(53)58(56-33-14-12-31-54(56)57)51-29-10-9-28-49(51)50-39-45(34-35-52(50)58)44-24-17-27-48(38-44)59(46-25-15-22-42(36-46)40-18-5-3-6-19-40)47-26-16-23-43(37-47)41-20-7-4-8-21-41/h3-39H,1-2H3. The fourth-order valence-corrected chi connectivity index (χ4v) is 10.2. The van der Waals surface area contributed by atoms with Gasteiger partial charge in [-0.05, 0) is 120 Å². The van der Waals surface area contributed by atoms with Crippen molar-refractivity contribution < 1.29 is 0 Å². The van der Waals surface area contributed by atoms with E-state index in [1.54, 1.807) is 0 Å². The molecular weight excluding hydrogens is 711 g/mol. The molecule has 0 fully saturated rings. The summed E-state index contributed by atoms with van der Waals surface area (Å²) in [5, 5.41) is 0. The lowest BCUT2D eigenvalue weighted by molar-refractivity contribution is 0.563. The summed E-state index contributed by atoms with van der Waals surface area (Å²) in [4.78, 5) is 2.40. The van der Waals surface area contributed by atoms with Crippen molar-refractivity contribution in [2.45, 2.75) is 24.7 Å². The SMILES string of the molecule is CC1(C)c2ccccc2C2(c3ccccc3-c3cc(-c4cccc(N(c5cccc(-c6ccccc6)c5)c5cccc(-c6ccccc6)c5)c4)ccc32)c2ccccc21. The van der Waals surface area contributed by atoms with E-state index in [4.69, 9.17) is 0 Å². The van der Waals surface area contributed by atoms with Gasteiger partial charge in [0, 0.05) is 22.5 Å². The Bertz CT molecular complexity index is 2900. The topological polar surface area (TPSA) is 3.24 Å². The molecule has 0 aromatic heterocycles. The molecule has 0 aliphatic heterocycles. The summed E-state index contributed by atoms with van der Waals surface area (Å²) < 4.78 is 0. The van der Waals surface area contributed by atoms with Gasteiger partial charge in [-0.3, -0.25) is 0 Å². The lowest BCUT2D eigenvalue weighted by Gasteiger charge is -2.46. The normalized spacial score (nSPS) is 13.9. The van der Waals surface area contributed by atoms with Gasteiger partial charge in [0.25, 0.3) is 0 Å². The number of fused-ring (bicyclic) bond motifs is 9. The molecule has 0 radical (unpaired) electrons. The molecule has 1 nitrogen and oxygen atoms in total. The molecule has 9 aromatic rings. The summed E-state index contributed by atoms with van der Waals surface area (Å²) in [5.74, 6) is 0. The minimum atomic E-state index is -0.403. The first-order valence-electron chi connectivity index (χ1n) is 20.7. The van der Waals surface area contributed by atoms with Crippen molar-refractivity contribution in [3.63, 3.8) is 0 Å². The highest BCUT2D eigenvalue weighted by Gasteiger charge is 2.53. The maximum atomic E-state index is 2.45. The van der Waals surface area contributed by atoms with Crippen LogP contribution in [0.1, 0.15) is 47.2 Å². The minimum absolute atomic E-state index is 0.121. The van der Waals surface area contributed by atoms with Gasteiger partial charge in [0.2, 0.25) is 0 Å². The van der Waals surface area contributed by atoms with Crippen molar-refractivity contribution >= 4 is 17.1 Å². The zero-order valence-corrected chi connectivity index (χ0v) is 33.3. The van der Waals surface area contributed by atoms with E-state index in [2.05, 4.69) is 243 Å². The highest BCUT2D eigenvalue weighted by atomic mass is 15.1. The predicted octanol–water partition coefficient (Wildman–Crippen LogP) is 15.2. The Hall–Kier alpha value is -7.22. The van der Waals surface area contributed by atoms with E-state index in [9.17, 15) is 0 Å². The number of rotatable bonds is 6. The fraction of sp³-hybridized carbons (Fsp3) is 0.0690. The zero-order valence-electron chi connectivity index (χ0n) is 33.3. The van der Waals surface area contributed by atoms with Crippen LogP contribution in [0.5, 0.6) is 0 Å². The highest BCUT2D eigenvalue weighted by Crippen LogP contribution is 2.62. The van der Waals surface area contributed by atoms with E-state index < -0.39 is 5.41 Å². The Labute approximate surface area is 347 Å². The van der Waals surface area contributed by atoms with Crippen LogP contribution in [0, 0.1) is 0 Å². The summed E-state index contributed by atoms with van der Waals surface area (Å²) in [6, 6.07) is 82.8. The second kappa shape index (κ2) is 13.7. The molecule has 1 heteroatoms. The molecule has 0 saturated heterocycles. The Morgan fingerprint density at radius 3 is 1.15 bits per heavy atom. The molecule has 9 aromatic carbocycles. The largest absolute Gasteiger partial charge is 0.310 e. The van der Waals surface area contributed by atoms with Crippen LogP contribution in [0.25, 0.3) is 44.5 Å². The lowest BCUT2D eigenvalue weighted by Crippen LogP contribution is -2.40. The lowest BCUT2D eigenvalue weighted by atomic mass is 9.55. The van der Waals surface area contributed by atoms with Crippen molar-refractivity contribution in [1.29, 1.82) is 0 Å². The van der Waals surface area contributed by atoms with Gasteiger partial charge in [0.15, 0.2) is 0 Å². The second-order valence-corrected chi connectivity index (χ2v) is 16.5. The number of benzene rings is 9. The van der Waals surface area contributed by atoms with Crippen LogP contribution in [0.3, 0.4) is 0 Å². The molecule has 0 N–H and O–H groups in total. The van der Waals surface area contributed by atoms with Crippen LogP contribution in [0.2, 0.25) is 0 Å². The van der Waals surface area contributed by atoms with Crippen LogP contribution in [0.15, 0.2) is 224 Å². The quantitative estimate of drug-likeness (QED) is 0.163. The first-order valence-corrected chi connectivity index (χ1v) is 20.7. The van der Waals surface area contributed by atoms with E-state index in [1.807, 2.05) is 0 Å². The molecule has 59 heavy (non-hydrogen) atoms. The van der Waals surface area contributed by atoms with Crippen LogP contribution >= 0.6 is 0 Å². The van der Waals surface area contributed by atoms with Gasteiger partial charge in [-0.15, -0.1) is 0 Å². The van der Waals surface area contributed by atoms with Gasteiger partial charge in [-0.25, -0.2) is 0 Å². The molecule has 0 atom stereocenters. The third-order valence-corrected chi connectivity index (χ3v) is 12.9. The van der Waals surface area contributed by atoms with Crippen molar-refractivity contribution in [2.24, 2.45) is 0 Å². The minimum Gasteiger partial charge on any atom is -0.310 e. The average Bonchev–Trinajstić information content (AvgIpc) is 3.60. The number of anilines is 3. The molecule has 280 valence electrons. The smallest absolute Gasteiger partial charge is 0.0719 e. The molecule has 2 aliphatic carbocycles. The first kappa shape index (κ1) is 35.0. The second-order valence-electron chi connectivity index (χ2n) is 16.5. The molecule has 1 spiro atoms. The predicted molar refractivity (Wildman–Crippen MR) is 247 cm³/mol. The van der Waals surface area contributed by atoms with Gasteiger partial charge >= 0.3 is 0 Å². The van der Waals surface area contributed by atoms with Gasteiger partial charge in [0.1, 0.15) is 0 Å². The summed E-state index contributed by atoms with van der Waals surface area (Å²) in [7, 11) is 0. The van der Waals surface area contributed by atoms with E-state index in [-0.39, 0.29) is 5.41 Å². The number of nitrogens with zero attached hydrogens (tertiary/aromatic N) is 1. The van der Waals surface area contributed by atoms with Crippen LogP contribution in [0.4, 0.5) is 17.1 Å².